The first-order chi connectivity index (χ1) is 14.5. The summed E-state index contributed by atoms with van der Waals surface area (Å²) in [5.74, 6) is -0.870. The van der Waals surface area contributed by atoms with E-state index in [0.717, 1.165) is 11.1 Å². The van der Waals surface area contributed by atoms with E-state index < -0.39 is 0 Å². The molecule has 0 radical (unpaired) electrons. The highest BCUT2D eigenvalue weighted by Gasteiger charge is 2.35. The fourth-order valence-corrected chi connectivity index (χ4v) is 3.57. The van der Waals surface area contributed by atoms with Gasteiger partial charge in [0.1, 0.15) is 0 Å². The molecule has 3 aromatic rings. The maximum absolute atomic E-state index is 12.8. The van der Waals surface area contributed by atoms with E-state index in [1.165, 1.54) is 11.0 Å². The topological polar surface area (TPSA) is 70.6 Å². The monoisotopic (exact) mass is 399 g/mol. The quantitative estimate of drug-likeness (QED) is 0.597. The van der Waals surface area contributed by atoms with Crippen LogP contribution >= 0.6 is 0 Å². The van der Waals surface area contributed by atoms with Crippen LogP contribution in [0.1, 0.15) is 42.2 Å². The fourth-order valence-electron chi connectivity index (χ4n) is 3.57. The number of amides is 3. The number of fused-ring (bicyclic) bond motifs is 1. The molecule has 150 valence electrons. The van der Waals surface area contributed by atoms with E-state index in [1.807, 2.05) is 42.5 Å². The Morgan fingerprint density at radius 2 is 1.60 bits per heavy atom. The zero-order chi connectivity index (χ0) is 21.1. The van der Waals surface area contributed by atoms with Gasteiger partial charge in [0.2, 0.25) is 0 Å². The number of pyridine rings is 1. The minimum Gasteiger partial charge on any atom is -0.337 e. The van der Waals surface area contributed by atoms with E-state index >= 15 is 0 Å². The Kier molecular flexibility index (Phi) is 5.39. The van der Waals surface area contributed by atoms with Crippen LogP contribution in [0.3, 0.4) is 0 Å². The molecule has 0 atom stereocenters. The van der Waals surface area contributed by atoms with Gasteiger partial charge in [-0.2, -0.15) is 0 Å². The third-order valence-electron chi connectivity index (χ3n) is 5.20. The van der Waals surface area contributed by atoms with Crippen molar-refractivity contribution in [3.8, 4) is 0 Å². The van der Waals surface area contributed by atoms with Gasteiger partial charge in [-0.1, -0.05) is 30.3 Å². The molecule has 2 heterocycles. The van der Waals surface area contributed by atoms with Gasteiger partial charge in [-0.15, -0.1) is 0 Å². The van der Waals surface area contributed by atoms with Gasteiger partial charge in [-0.3, -0.25) is 24.3 Å². The number of nitrogens with zero attached hydrogens (tertiary/aromatic N) is 3. The zero-order valence-electron chi connectivity index (χ0n) is 16.6. The fraction of sp³-hybridized carbons (Fsp3) is 0.167. The number of carbonyl (C=O) groups excluding carboxylic acids is 3. The van der Waals surface area contributed by atoms with Gasteiger partial charge in [0.05, 0.1) is 11.1 Å². The van der Waals surface area contributed by atoms with E-state index in [9.17, 15) is 14.4 Å². The number of imide groups is 1. The maximum Gasteiger partial charge on any atom is 0.261 e. The van der Waals surface area contributed by atoms with Crippen LogP contribution < -0.4 is 0 Å². The third-order valence-corrected chi connectivity index (χ3v) is 5.20. The molecular weight excluding hydrogens is 378 g/mol. The van der Waals surface area contributed by atoms with Crippen LogP contribution in [-0.2, 0) is 13.0 Å². The van der Waals surface area contributed by atoms with Crippen LogP contribution in [-0.4, -0.2) is 46.1 Å². The van der Waals surface area contributed by atoms with Gasteiger partial charge in [-0.25, -0.2) is 0 Å². The summed E-state index contributed by atoms with van der Waals surface area (Å²) in [5, 5.41) is 0. The Morgan fingerprint density at radius 1 is 0.900 bits per heavy atom. The molecule has 6 heteroatoms. The van der Waals surface area contributed by atoms with Crippen LogP contribution in [0.25, 0.3) is 0 Å². The van der Waals surface area contributed by atoms with Crippen molar-refractivity contribution >= 4 is 17.7 Å². The maximum atomic E-state index is 12.8. The molecule has 0 saturated carbocycles. The second-order valence-corrected chi connectivity index (χ2v) is 7.27. The van der Waals surface area contributed by atoms with Crippen LogP contribution in [0.4, 0.5) is 0 Å². The molecule has 4 rings (SSSR count). The summed E-state index contributed by atoms with van der Waals surface area (Å²) in [6, 6.07) is 18.1. The molecule has 3 amide bonds. The molecule has 0 saturated heterocycles. The van der Waals surface area contributed by atoms with Crippen LogP contribution in [0.15, 0.2) is 73.1 Å². The van der Waals surface area contributed by atoms with Gasteiger partial charge in [-0.05, 0) is 47.9 Å². The first-order valence-electron chi connectivity index (χ1n) is 9.73. The van der Waals surface area contributed by atoms with Crippen molar-refractivity contribution in [2.24, 2.45) is 0 Å². The molecule has 1 aliphatic heterocycles. The summed E-state index contributed by atoms with van der Waals surface area (Å²) in [5.41, 5.74) is 3.04. The zero-order valence-corrected chi connectivity index (χ0v) is 16.6. The van der Waals surface area contributed by atoms with Crippen LogP contribution in [0.5, 0.6) is 0 Å². The summed E-state index contributed by atoms with van der Waals surface area (Å²) in [4.78, 5) is 45.2. The molecule has 0 bridgehead atoms. The van der Waals surface area contributed by atoms with Gasteiger partial charge in [0.25, 0.3) is 17.7 Å². The largest absolute Gasteiger partial charge is 0.337 e. The molecule has 1 aromatic heterocycles. The highest BCUT2D eigenvalue weighted by molar-refractivity contribution is 6.22. The predicted octanol–water partition coefficient (Wildman–Crippen LogP) is 3.19. The first kappa shape index (κ1) is 19.5. The normalized spacial score (nSPS) is 12.8. The van der Waals surface area contributed by atoms with Crippen LogP contribution in [0, 0.1) is 0 Å². The highest BCUT2D eigenvalue weighted by Crippen LogP contribution is 2.25. The molecular formula is C24H21N3O3. The van der Waals surface area contributed by atoms with E-state index in [-0.39, 0.29) is 23.3 Å². The lowest BCUT2D eigenvalue weighted by Crippen LogP contribution is -2.31. The van der Waals surface area contributed by atoms with Crippen molar-refractivity contribution in [3.63, 3.8) is 0 Å². The van der Waals surface area contributed by atoms with Gasteiger partial charge < -0.3 is 4.90 Å². The molecule has 30 heavy (non-hydrogen) atoms. The second-order valence-electron chi connectivity index (χ2n) is 7.27. The molecule has 0 spiro atoms. The standard InChI is InChI=1S/C24H21N3O3/c1-26(16-18-9-12-25-13-10-18)22(28)19-7-8-20-21(15-19)24(30)27(23(20)29)14-11-17-5-3-2-4-6-17/h2-10,12-13,15H,11,14,16H2,1H3. The van der Waals surface area contributed by atoms with Gasteiger partial charge in [0.15, 0.2) is 0 Å². The first-order valence-corrected chi connectivity index (χ1v) is 9.73. The lowest BCUT2D eigenvalue weighted by atomic mass is 10.0. The van der Waals surface area contributed by atoms with Crippen molar-refractivity contribution in [1.82, 2.24) is 14.8 Å². The summed E-state index contributed by atoms with van der Waals surface area (Å²) >= 11 is 0. The Morgan fingerprint density at radius 3 is 2.33 bits per heavy atom. The molecule has 0 N–H and O–H groups in total. The van der Waals surface area contributed by atoms with Gasteiger partial charge in [0, 0.05) is 38.1 Å². The number of benzene rings is 2. The highest BCUT2D eigenvalue weighted by atomic mass is 16.2. The van der Waals surface area contributed by atoms with Crippen molar-refractivity contribution in [2.45, 2.75) is 13.0 Å². The average molecular weight is 399 g/mol. The summed E-state index contributed by atoms with van der Waals surface area (Å²) < 4.78 is 0. The van der Waals surface area contributed by atoms with E-state index in [0.29, 0.717) is 30.6 Å². The Labute approximate surface area is 174 Å². The van der Waals surface area contributed by atoms with Crippen molar-refractivity contribution < 1.29 is 14.4 Å². The van der Waals surface area contributed by atoms with Crippen molar-refractivity contribution in [3.05, 3.63) is 101 Å². The minimum atomic E-state index is -0.350. The molecule has 0 unspecified atom stereocenters. The molecule has 1 aliphatic rings. The lowest BCUT2D eigenvalue weighted by Gasteiger charge is -2.17. The van der Waals surface area contributed by atoms with Crippen molar-refractivity contribution in [1.29, 1.82) is 0 Å². The van der Waals surface area contributed by atoms with Crippen molar-refractivity contribution in [2.75, 3.05) is 13.6 Å². The second kappa shape index (κ2) is 8.29. The Bertz CT molecular complexity index is 1100. The predicted molar refractivity (Wildman–Crippen MR) is 112 cm³/mol. The molecule has 2 aromatic carbocycles. The summed E-state index contributed by atoms with van der Waals surface area (Å²) in [6.07, 6.45) is 3.95. The number of carbonyl (C=O) groups is 3. The summed E-state index contributed by atoms with van der Waals surface area (Å²) in [7, 11) is 1.70. The number of aromatic nitrogens is 1. The van der Waals surface area contributed by atoms with E-state index in [4.69, 9.17) is 0 Å². The molecule has 0 fully saturated rings. The third kappa shape index (κ3) is 3.85. The Balaban J connectivity index is 1.49. The smallest absolute Gasteiger partial charge is 0.261 e. The minimum absolute atomic E-state index is 0.211. The van der Waals surface area contributed by atoms with E-state index in [2.05, 4.69) is 4.98 Å². The van der Waals surface area contributed by atoms with Crippen LogP contribution in [0.2, 0.25) is 0 Å². The van der Waals surface area contributed by atoms with E-state index in [1.54, 1.807) is 36.5 Å². The van der Waals surface area contributed by atoms with Gasteiger partial charge >= 0.3 is 0 Å². The lowest BCUT2D eigenvalue weighted by molar-refractivity contribution is 0.0655. The summed E-state index contributed by atoms with van der Waals surface area (Å²) in [6.45, 7) is 0.732. The number of hydrogen-bond donors (Lipinski definition) is 0. The molecule has 6 nitrogen and oxygen atoms in total. The number of hydrogen-bond acceptors (Lipinski definition) is 4. The number of rotatable bonds is 6. The Hall–Kier alpha value is -3.80. The SMILES string of the molecule is CN(Cc1ccncc1)C(=O)c1ccc2c(c1)C(=O)N(CCc1ccccc1)C2=O. The average Bonchev–Trinajstić information content (AvgIpc) is 3.02. The molecule has 0 aliphatic carbocycles.